The summed E-state index contributed by atoms with van der Waals surface area (Å²) in [7, 11) is -4.61. The van der Waals surface area contributed by atoms with Crippen molar-refractivity contribution in [3.05, 3.63) is 0 Å². The number of hydrogen-bond acceptors (Lipinski definition) is 4. The van der Waals surface area contributed by atoms with Crippen molar-refractivity contribution in [3.63, 3.8) is 0 Å². The fourth-order valence-corrected chi connectivity index (χ4v) is 0. The van der Waals surface area contributed by atoms with E-state index in [0.717, 1.165) is 0 Å². The predicted molar refractivity (Wildman–Crippen MR) is 20.4 cm³/mol. The summed E-state index contributed by atoms with van der Waals surface area (Å²) in [4.78, 5) is 29.3. The Labute approximate surface area is 82.1 Å². The zero-order chi connectivity index (χ0) is 4.50. The van der Waals surface area contributed by atoms with E-state index in [-0.39, 0.29) is 54.8 Å². The molecule has 45 valence electrons. The summed E-state index contributed by atoms with van der Waals surface area (Å²) >= 11 is 0. The first-order chi connectivity index (χ1) is 2.00. The maximum Gasteiger partial charge on any atom is 0.668 e. The summed E-state index contributed by atoms with van der Waals surface area (Å²) in [6, 6.07) is 0. The molecule has 0 aromatic carbocycles. The third-order valence-corrected chi connectivity index (χ3v) is 0. The monoisotopic (exact) mass is 199 g/mol. The smallest absolute Gasteiger partial charge is 0.368 e. The van der Waals surface area contributed by atoms with E-state index < -0.39 is 9.05 Å². The van der Waals surface area contributed by atoms with Gasteiger partial charge in [0.1, 0.15) is 0 Å². The molecule has 0 saturated carbocycles. The first kappa shape index (κ1) is 15.9. The molecule has 0 aliphatic rings. The molecule has 0 spiro atoms. The van der Waals surface area contributed by atoms with E-state index in [1.165, 1.54) is 0 Å². The summed E-state index contributed by atoms with van der Waals surface area (Å²) in [6.07, 6.45) is 0. The summed E-state index contributed by atoms with van der Waals surface area (Å²) in [5.41, 5.74) is 0. The predicted octanol–water partition coefficient (Wildman–Crippen LogP) is -2.99. The van der Waals surface area contributed by atoms with Gasteiger partial charge in [0, 0.05) is 54.8 Å². The zero-order valence-corrected chi connectivity index (χ0v) is 7.45. The van der Waals surface area contributed by atoms with Crippen molar-refractivity contribution < 1.29 is 36.3 Å². The van der Waals surface area contributed by atoms with Gasteiger partial charge in [0.25, 0.3) is 0 Å². The molecule has 0 rings (SSSR count). The van der Waals surface area contributed by atoms with Crippen LogP contribution in [0.25, 0.3) is 0 Å². The summed E-state index contributed by atoms with van der Waals surface area (Å²) in [5.74, 6) is 0. The molecule has 0 bridgehead atoms. The Morgan fingerprint density at radius 1 is 0.857 bits per heavy atom. The SMILES string of the molecule is O[Si](O)(O)O.[Ca].[Cu]. The molecule has 3 radical (unpaired) electrons. The van der Waals surface area contributed by atoms with Crippen LogP contribution in [0.5, 0.6) is 0 Å². The molecule has 0 unspecified atom stereocenters. The fourth-order valence-electron chi connectivity index (χ4n) is 0. The van der Waals surface area contributed by atoms with Gasteiger partial charge in [-0.15, -0.1) is 0 Å². The van der Waals surface area contributed by atoms with Crippen LogP contribution in [0.3, 0.4) is 0 Å². The molecule has 0 aliphatic heterocycles. The van der Waals surface area contributed by atoms with Crippen molar-refractivity contribution >= 4 is 46.8 Å². The first-order valence-corrected chi connectivity index (χ1v) is 2.68. The standard InChI is InChI=1S/Ca.Cu.H4O4Si/c;;1-5(2,3)4/h;;1-4H. The molecule has 0 heterocycles. The van der Waals surface area contributed by atoms with Gasteiger partial charge in [-0.25, -0.2) is 0 Å². The second kappa shape index (κ2) is 5.96. The Morgan fingerprint density at radius 3 is 0.857 bits per heavy atom. The first-order valence-electron chi connectivity index (χ1n) is 0.894. The third kappa shape index (κ3) is 79.2. The fraction of sp³-hybridized carbons (Fsp3) is 0. The van der Waals surface area contributed by atoms with Crippen LogP contribution in [-0.4, -0.2) is 66.0 Å². The molecule has 0 aromatic heterocycles. The summed E-state index contributed by atoms with van der Waals surface area (Å²) in [5, 5.41) is 0. The van der Waals surface area contributed by atoms with Gasteiger partial charge in [-0.05, 0) is 0 Å². The second-order valence-corrected chi connectivity index (χ2v) is 1.80. The van der Waals surface area contributed by atoms with E-state index in [0.29, 0.717) is 0 Å². The van der Waals surface area contributed by atoms with Gasteiger partial charge >= 0.3 is 9.05 Å². The van der Waals surface area contributed by atoms with Crippen molar-refractivity contribution in [1.29, 1.82) is 0 Å². The Balaban J connectivity index is -0.0000000800. The number of hydrogen-bond donors (Lipinski definition) is 4. The van der Waals surface area contributed by atoms with E-state index in [1.807, 2.05) is 0 Å². The van der Waals surface area contributed by atoms with Crippen molar-refractivity contribution in [3.8, 4) is 0 Å². The molecule has 0 fully saturated rings. The normalized spacial score (nSPS) is 8.57. The van der Waals surface area contributed by atoms with E-state index >= 15 is 0 Å². The molecule has 7 heteroatoms. The minimum Gasteiger partial charge on any atom is -0.368 e. The van der Waals surface area contributed by atoms with E-state index in [4.69, 9.17) is 19.2 Å². The molecular formula is H4CaCuO4Si. The molecule has 4 nitrogen and oxygen atoms in total. The topological polar surface area (TPSA) is 80.9 Å². The molecular weight excluding hydrogens is 196 g/mol. The summed E-state index contributed by atoms with van der Waals surface area (Å²) in [6.45, 7) is 0. The Kier molecular flexibility index (Phi) is 13.6. The van der Waals surface area contributed by atoms with Crippen LogP contribution in [-0.2, 0) is 17.1 Å². The van der Waals surface area contributed by atoms with Crippen LogP contribution in [0.1, 0.15) is 0 Å². The van der Waals surface area contributed by atoms with Crippen LogP contribution in [0.15, 0.2) is 0 Å². The van der Waals surface area contributed by atoms with E-state index in [1.54, 1.807) is 0 Å². The Morgan fingerprint density at radius 2 is 0.857 bits per heavy atom. The Hall–Kier alpha value is 1.84. The van der Waals surface area contributed by atoms with Gasteiger partial charge < -0.3 is 19.2 Å². The minimum atomic E-state index is -4.61. The quantitative estimate of drug-likeness (QED) is 0.314. The maximum absolute atomic E-state index is 7.33. The van der Waals surface area contributed by atoms with Crippen molar-refractivity contribution in [1.82, 2.24) is 0 Å². The van der Waals surface area contributed by atoms with Gasteiger partial charge in [-0.2, -0.15) is 0 Å². The molecule has 4 N–H and O–H groups in total. The molecule has 0 aliphatic carbocycles. The minimum absolute atomic E-state index is 0. The largest absolute Gasteiger partial charge is 0.668 e. The molecule has 0 aromatic rings. The van der Waals surface area contributed by atoms with Crippen molar-refractivity contribution in [2.75, 3.05) is 0 Å². The van der Waals surface area contributed by atoms with Crippen LogP contribution in [0.2, 0.25) is 0 Å². The third-order valence-electron chi connectivity index (χ3n) is 0. The van der Waals surface area contributed by atoms with Crippen LogP contribution in [0.4, 0.5) is 0 Å². The maximum atomic E-state index is 7.33. The molecule has 0 atom stereocenters. The average molecular weight is 200 g/mol. The average Bonchev–Trinajstić information content (AvgIpc) is 0.722. The van der Waals surface area contributed by atoms with Crippen LogP contribution in [0, 0.1) is 0 Å². The van der Waals surface area contributed by atoms with E-state index in [2.05, 4.69) is 0 Å². The Bertz CT molecular complexity index is 27.2. The van der Waals surface area contributed by atoms with Gasteiger partial charge in [-0.3, -0.25) is 0 Å². The zero-order valence-electron chi connectivity index (χ0n) is 3.30. The summed E-state index contributed by atoms with van der Waals surface area (Å²) < 4.78 is 0. The number of rotatable bonds is 0. The molecule has 0 amide bonds. The van der Waals surface area contributed by atoms with Crippen LogP contribution >= 0.6 is 0 Å². The second-order valence-electron chi connectivity index (χ2n) is 0.600. The van der Waals surface area contributed by atoms with E-state index in [9.17, 15) is 0 Å². The van der Waals surface area contributed by atoms with Crippen molar-refractivity contribution in [2.45, 2.75) is 0 Å². The molecule has 7 heavy (non-hydrogen) atoms. The van der Waals surface area contributed by atoms with Gasteiger partial charge in [0.15, 0.2) is 0 Å². The van der Waals surface area contributed by atoms with Gasteiger partial charge in [-0.1, -0.05) is 0 Å². The van der Waals surface area contributed by atoms with Gasteiger partial charge in [0.05, 0.1) is 0 Å². The van der Waals surface area contributed by atoms with Crippen molar-refractivity contribution in [2.24, 2.45) is 0 Å². The van der Waals surface area contributed by atoms with Gasteiger partial charge in [0.2, 0.25) is 0 Å². The molecule has 0 saturated heterocycles. The van der Waals surface area contributed by atoms with Crippen LogP contribution < -0.4 is 0 Å².